The van der Waals surface area contributed by atoms with Gasteiger partial charge in [0, 0.05) is 18.3 Å². The van der Waals surface area contributed by atoms with Gasteiger partial charge in [0.05, 0.1) is 24.1 Å². The van der Waals surface area contributed by atoms with E-state index in [1.165, 1.54) is 0 Å². The summed E-state index contributed by atoms with van der Waals surface area (Å²) in [6.07, 6.45) is 0. The summed E-state index contributed by atoms with van der Waals surface area (Å²) in [5.41, 5.74) is 4.12. The molecule has 2 aromatic rings. The van der Waals surface area contributed by atoms with Crippen molar-refractivity contribution in [3.8, 4) is 0 Å². The number of aryl methyl sites for hydroxylation is 2. The van der Waals surface area contributed by atoms with Crippen molar-refractivity contribution in [3.05, 3.63) is 65.2 Å². The highest BCUT2D eigenvalue weighted by Crippen LogP contribution is 2.32. The number of piperazine rings is 1. The third-order valence-corrected chi connectivity index (χ3v) is 7.15. The molecule has 0 aliphatic carbocycles. The average molecular weight is 385 g/mol. The molecule has 0 N–H and O–H groups in total. The molecule has 0 aromatic heterocycles. The molecule has 2 unspecified atom stereocenters. The topological polar surface area (TPSA) is 57.7 Å². The molecule has 2 atom stereocenters. The van der Waals surface area contributed by atoms with Gasteiger partial charge in [0.25, 0.3) is 0 Å². The molecule has 142 valence electrons. The van der Waals surface area contributed by atoms with Crippen LogP contribution < -0.4 is 4.90 Å². The highest BCUT2D eigenvalue weighted by atomic mass is 32.2. The highest BCUT2D eigenvalue weighted by molar-refractivity contribution is 7.91. The quantitative estimate of drug-likeness (QED) is 0.815. The maximum absolute atomic E-state index is 13.0. The molecule has 0 saturated carbocycles. The third kappa shape index (κ3) is 3.64. The van der Waals surface area contributed by atoms with Crippen molar-refractivity contribution in [1.82, 2.24) is 4.90 Å². The molecule has 0 spiro atoms. The molecule has 1 amide bonds. The molecule has 2 aromatic carbocycles. The monoisotopic (exact) mass is 384 g/mol. The number of nitrogens with zero attached hydrogens (tertiary/aromatic N) is 2. The number of benzene rings is 2. The van der Waals surface area contributed by atoms with Crippen LogP contribution in [-0.2, 0) is 21.2 Å². The van der Waals surface area contributed by atoms with Gasteiger partial charge in [0.1, 0.15) is 0 Å². The van der Waals surface area contributed by atoms with Crippen LogP contribution in [0.4, 0.5) is 5.69 Å². The van der Waals surface area contributed by atoms with Gasteiger partial charge < -0.3 is 4.90 Å². The van der Waals surface area contributed by atoms with Gasteiger partial charge in [0.15, 0.2) is 9.84 Å². The van der Waals surface area contributed by atoms with E-state index in [2.05, 4.69) is 6.07 Å². The smallest absolute Gasteiger partial charge is 0.241 e. The zero-order valence-electron chi connectivity index (χ0n) is 15.6. The van der Waals surface area contributed by atoms with Gasteiger partial charge in [-0.15, -0.1) is 0 Å². The first kappa shape index (κ1) is 18.2. The molecule has 5 nitrogen and oxygen atoms in total. The summed E-state index contributed by atoms with van der Waals surface area (Å²) in [6.45, 7) is 4.84. The van der Waals surface area contributed by atoms with Crippen molar-refractivity contribution >= 4 is 21.4 Å². The van der Waals surface area contributed by atoms with Gasteiger partial charge >= 0.3 is 0 Å². The Morgan fingerprint density at radius 1 is 0.963 bits per heavy atom. The van der Waals surface area contributed by atoms with Gasteiger partial charge in [-0.1, -0.05) is 42.0 Å². The molecule has 27 heavy (non-hydrogen) atoms. The van der Waals surface area contributed by atoms with Crippen molar-refractivity contribution in [2.24, 2.45) is 0 Å². The first-order chi connectivity index (χ1) is 12.8. The zero-order valence-corrected chi connectivity index (χ0v) is 16.4. The van der Waals surface area contributed by atoms with Crippen LogP contribution in [0.3, 0.4) is 0 Å². The van der Waals surface area contributed by atoms with E-state index in [9.17, 15) is 13.2 Å². The van der Waals surface area contributed by atoms with Gasteiger partial charge in [-0.3, -0.25) is 9.69 Å². The van der Waals surface area contributed by atoms with Crippen LogP contribution in [0.15, 0.2) is 48.5 Å². The lowest BCUT2D eigenvalue weighted by atomic mass is 10.0. The minimum Gasteiger partial charge on any atom is -0.306 e. The molecule has 2 fully saturated rings. The Morgan fingerprint density at radius 3 is 2.33 bits per heavy atom. The van der Waals surface area contributed by atoms with E-state index in [1.54, 1.807) is 4.90 Å². The second kappa shape index (κ2) is 6.77. The number of fused-ring (bicyclic) bond motifs is 1. The fraction of sp³-hybridized carbons (Fsp3) is 0.381. The van der Waals surface area contributed by atoms with Crippen molar-refractivity contribution in [2.45, 2.75) is 32.5 Å². The molecule has 2 saturated heterocycles. The normalized spacial score (nSPS) is 24.8. The fourth-order valence-electron chi connectivity index (χ4n) is 4.29. The molecule has 2 aliphatic rings. The molecule has 2 heterocycles. The van der Waals surface area contributed by atoms with Crippen LogP contribution in [0.1, 0.15) is 16.7 Å². The summed E-state index contributed by atoms with van der Waals surface area (Å²) in [5.74, 6) is 0.104. The second-order valence-corrected chi connectivity index (χ2v) is 9.86. The largest absolute Gasteiger partial charge is 0.306 e. The van der Waals surface area contributed by atoms with Crippen molar-refractivity contribution < 1.29 is 13.2 Å². The first-order valence-electron chi connectivity index (χ1n) is 9.21. The Morgan fingerprint density at radius 2 is 1.63 bits per heavy atom. The lowest BCUT2D eigenvalue weighted by molar-refractivity contribution is -0.123. The number of hydrogen-bond donors (Lipinski definition) is 0. The van der Waals surface area contributed by atoms with Crippen LogP contribution in [0.2, 0.25) is 0 Å². The van der Waals surface area contributed by atoms with Gasteiger partial charge in [0.2, 0.25) is 5.91 Å². The standard InChI is InChI=1S/C21H24N2O3S/c1-15-5-3-7-17(9-15)11-22-12-21(24)23(18-8-4-6-16(2)10-18)20-14-27(25,26)13-19(20)22/h3-10,19-20H,11-14H2,1-2H3. The number of carbonyl (C=O) groups excluding carboxylic acids is 1. The predicted molar refractivity (Wildman–Crippen MR) is 106 cm³/mol. The SMILES string of the molecule is Cc1cccc(CN2CC(=O)N(c3cccc(C)c3)C3CS(=O)(=O)CC32)c1. The fourth-order valence-corrected chi connectivity index (χ4v) is 6.27. The molecule has 4 rings (SSSR count). The molecule has 0 radical (unpaired) electrons. The van der Waals surface area contributed by atoms with Gasteiger partial charge in [-0.2, -0.15) is 0 Å². The molecule has 2 aliphatic heterocycles. The minimum absolute atomic E-state index is 0.0294. The number of anilines is 1. The second-order valence-electron chi connectivity index (χ2n) is 7.71. The average Bonchev–Trinajstić information content (AvgIpc) is 2.90. The lowest BCUT2D eigenvalue weighted by Crippen LogP contribution is -2.61. The predicted octanol–water partition coefficient (Wildman–Crippen LogP) is 2.32. The van der Waals surface area contributed by atoms with Gasteiger partial charge in [-0.25, -0.2) is 8.42 Å². The Kier molecular flexibility index (Phi) is 4.56. The van der Waals surface area contributed by atoms with Crippen LogP contribution >= 0.6 is 0 Å². The van der Waals surface area contributed by atoms with Crippen LogP contribution in [0.25, 0.3) is 0 Å². The maximum Gasteiger partial charge on any atom is 0.241 e. The number of sulfone groups is 1. The van der Waals surface area contributed by atoms with Crippen LogP contribution in [0, 0.1) is 13.8 Å². The molecular formula is C21H24N2O3S. The molecular weight excluding hydrogens is 360 g/mol. The summed E-state index contributed by atoms with van der Waals surface area (Å²) < 4.78 is 24.9. The zero-order chi connectivity index (χ0) is 19.2. The Bertz CT molecular complexity index is 986. The van der Waals surface area contributed by atoms with E-state index in [4.69, 9.17) is 0 Å². The summed E-state index contributed by atoms with van der Waals surface area (Å²) >= 11 is 0. The summed E-state index contributed by atoms with van der Waals surface area (Å²) in [7, 11) is -3.17. The van der Waals surface area contributed by atoms with Crippen molar-refractivity contribution in [1.29, 1.82) is 0 Å². The minimum atomic E-state index is -3.17. The number of amides is 1. The van der Waals surface area contributed by atoms with E-state index >= 15 is 0 Å². The highest BCUT2D eigenvalue weighted by Gasteiger charge is 2.49. The molecule has 6 heteroatoms. The third-order valence-electron chi connectivity index (χ3n) is 5.45. The lowest BCUT2D eigenvalue weighted by Gasteiger charge is -2.43. The Balaban J connectivity index is 1.68. The summed E-state index contributed by atoms with van der Waals surface area (Å²) in [4.78, 5) is 16.8. The maximum atomic E-state index is 13.0. The number of carbonyl (C=O) groups is 1. The Hall–Kier alpha value is -2.18. The number of hydrogen-bond acceptors (Lipinski definition) is 4. The number of rotatable bonds is 3. The van der Waals surface area contributed by atoms with Crippen LogP contribution in [0.5, 0.6) is 0 Å². The van der Waals surface area contributed by atoms with E-state index in [0.717, 1.165) is 22.4 Å². The van der Waals surface area contributed by atoms with E-state index in [1.807, 2.05) is 61.2 Å². The first-order valence-corrected chi connectivity index (χ1v) is 11.0. The van der Waals surface area contributed by atoms with E-state index in [-0.39, 0.29) is 36.0 Å². The van der Waals surface area contributed by atoms with Crippen molar-refractivity contribution in [3.63, 3.8) is 0 Å². The summed E-state index contributed by atoms with van der Waals surface area (Å²) in [6, 6.07) is 15.4. The van der Waals surface area contributed by atoms with Crippen molar-refractivity contribution in [2.75, 3.05) is 23.0 Å². The van der Waals surface area contributed by atoms with E-state index in [0.29, 0.717) is 6.54 Å². The van der Waals surface area contributed by atoms with E-state index < -0.39 is 9.84 Å². The summed E-state index contributed by atoms with van der Waals surface area (Å²) in [5, 5.41) is 0. The molecule has 0 bridgehead atoms. The van der Waals surface area contributed by atoms with Gasteiger partial charge in [-0.05, 0) is 37.1 Å². The Labute approximate surface area is 160 Å². The van der Waals surface area contributed by atoms with Crippen LogP contribution in [-0.4, -0.2) is 49.4 Å².